The van der Waals surface area contributed by atoms with E-state index in [0.717, 1.165) is 19.4 Å². The van der Waals surface area contributed by atoms with Gasteiger partial charge in [-0.2, -0.15) is 0 Å². The molecule has 18 heavy (non-hydrogen) atoms. The summed E-state index contributed by atoms with van der Waals surface area (Å²) in [6, 6.07) is 0.298. The van der Waals surface area contributed by atoms with Crippen LogP contribution in [0, 0.1) is 10.1 Å². The fourth-order valence-electron chi connectivity index (χ4n) is 1.84. The molecule has 1 aromatic heterocycles. The number of hydrogen-bond donors (Lipinski definition) is 1. The highest BCUT2D eigenvalue weighted by molar-refractivity contribution is 5.21. The second-order valence-corrected chi connectivity index (χ2v) is 4.31. The molecule has 0 fully saturated rings. The summed E-state index contributed by atoms with van der Waals surface area (Å²) in [6.07, 6.45) is 4.59. The standard InChI is InChI=1S/C12H20N4O2/c1-4-6-13-11(5-2)9(3)12-14-7-10(8-15-12)16(17)18/h7-9,11,13H,4-6H2,1-3H3. The summed E-state index contributed by atoms with van der Waals surface area (Å²) in [4.78, 5) is 18.2. The average molecular weight is 252 g/mol. The number of hydrogen-bond acceptors (Lipinski definition) is 5. The summed E-state index contributed by atoms with van der Waals surface area (Å²) >= 11 is 0. The Morgan fingerprint density at radius 2 is 2.00 bits per heavy atom. The van der Waals surface area contributed by atoms with Gasteiger partial charge >= 0.3 is 5.69 Å². The molecule has 0 aromatic carbocycles. The first-order valence-electron chi connectivity index (χ1n) is 6.29. The molecule has 0 saturated carbocycles. The smallest absolute Gasteiger partial charge is 0.305 e. The van der Waals surface area contributed by atoms with Crippen molar-refractivity contribution in [3.63, 3.8) is 0 Å². The molecule has 0 spiro atoms. The molecule has 6 heteroatoms. The predicted octanol–water partition coefficient (Wildman–Crippen LogP) is 2.27. The maximum Gasteiger partial charge on any atom is 0.305 e. The number of nitrogens with one attached hydrogen (secondary N) is 1. The molecule has 0 bridgehead atoms. The SMILES string of the molecule is CCCNC(CC)C(C)c1ncc([N+](=O)[O-])cn1. The molecular formula is C12H20N4O2. The molecule has 0 radical (unpaired) electrons. The van der Waals surface area contributed by atoms with E-state index in [1.165, 1.54) is 12.4 Å². The van der Waals surface area contributed by atoms with Crippen molar-refractivity contribution in [2.24, 2.45) is 0 Å². The van der Waals surface area contributed by atoms with Gasteiger partial charge in [-0.3, -0.25) is 10.1 Å². The van der Waals surface area contributed by atoms with Crippen LogP contribution in [0.5, 0.6) is 0 Å². The molecule has 1 heterocycles. The van der Waals surface area contributed by atoms with E-state index in [9.17, 15) is 10.1 Å². The van der Waals surface area contributed by atoms with Crippen molar-refractivity contribution in [3.8, 4) is 0 Å². The zero-order valence-corrected chi connectivity index (χ0v) is 11.1. The van der Waals surface area contributed by atoms with Crippen LogP contribution in [0.25, 0.3) is 0 Å². The van der Waals surface area contributed by atoms with Crippen LogP contribution in [0.4, 0.5) is 5.69 Å². The van der Waals surface area contributed by atoms with Crippen LogP contribution in [0.3, 0.4) is 0 Å². The van der Waals surface area contributed by atoms with Crippen LogP contribution in [0.2, 0.25) is 0 Å². The van der Waals surface area contributed by atoms with Gasteiger partial charge in [-0.25, -0.2) is 9.97 Å². The molecule has 6 nitrogen and oxygen atoms in total. The van der Waals surface area contributed by atoms with Crippen LogP contribution in [0.1, 0.15) is 45.4 Å². The fourth-order valence-corrected chi connectivity index (χ4v) is 1.84. The number of aromatic nitrogens is 2. The molecule has 1 aromatic rings. The Hall–Kier alpha value is -1.56. The summed E-state index contributed by atoms with van der Waals surface area (Å²) in [5, 5.41) is 14.0. The Kier molecular flexibility index (Phi) is 5.64. The van der Waals surface area contributed by atoms with E-state index in [0.29, 0.717) is 11.9 Å². The third-order valence-corrected chi connectivity index (χ3v) is 2.98. The Bertz CT molecular complexity index is 380. The third-order valence-electron chi connectivity index (χ3n) is 2.98. The van der Waals surface area contributed by atoms with Gasteiger partial charge in [0.2, 0.25) is 0 Å². The first kappa shape index (κ1) is 14.5. The van der Waals surface area contributed by atoms with Gasteiger partial charge in [0, 0.05) is 12.0 Å². The van der Waals surface area contributed by atoms with E-state index in [4.69, 9.17) is 0 Å². The lowest BCUT2D eigenvalue weighted by molar-refractivity contribution is -0.385. The van der Waals surface area contributed by atoms with E-state index >= 15 is 0 Å². The van der Waals surface area contributed by atoms with E-state index < -0.39 is 4.92 Å². The second-order valence-electron chi connectivity index (χ2n) is 4.31. The maximum atomic E-state index is 10.5. The van der Waals surface area contributed by atoms with E-state index in [1.807, 2.05) is 6.92 Å². The molecule has 0 aliphatic carbocycles. The van der Waals surface area contributed by atoms with Gasteiger partial charge in [0.05, 0.1) is 4.92 Å². The van der Waals surface area contributed by atoms with Crippen LogP contribution in [-0.4, -0.2) is 27.5 Å². The number of rotatable bonds is 7. The van der Waals surface area contributed by atoms with Gasteiger partial charge in [-0.1, -0.05) is 20.8 Å². The Labute approximate surface area is 107 Å². The highest BCUT2D eigenvalue weighted by Crippen LogP contribution is 2.18. The molecule has 0 aliphatic heterocycles. The lowest BCUT2D eigenvalue weighted by Gasteiger charge is -2.22. The van der Waals surface area contributed by atoms with Crippen molar-refractivity contribution < 1.29 is 4.92 Å². The van der Waals surface area contributed by atoms with Crippen molar-refractivity contribution in [2.75, 3.05) is 6.54 Å². The largest absolute Gasteiger partial charge is 0.313 e. The molecule has 0 aliphatic rings. The topological polar surface area (TPSA) is 81.0 Å². The molecule has 2 unspecified atom stereocenters. The number of nitrogens with zero attached hydrogens (tertiary/aromatic N) is 3. The quantitative estimate of drug-likeness (QED) is 0.594. The monoisotopic (exact) mass is 252 g/mol. The van der Waals surface area contributed by atoms with Crippen LogP contribution >= 0.6 is 0 Å². The zero-order chi connectivity index (χ0) is 13.5. The molecule has 1 N–H and O–H groups in total. The Balaban J connectivity index is 2.75. The first-order chi connectivity index (χ1) is 8.60. The van der Waals surface area contributed by atoms with Crippen molar-refractivity contribution in [1.29, 1.82) is 0 Å². The minimum atomic E-state index is -0.485. The molecule has 2 atom stereocenters. The Morgan fingerprint density at radius 1 is 1.39 bits per heavy atom. The molecule has 1 rings (SSSR count). The van der Waals surface area contributed by atoms with Gasteiger partial charge in [0.15, 0.2) is 0 Å². The van der Waals surface area contributed by atoms with Gasteiger partial charge in [0.1, 0.15) is 18.2 Å². The second kappa shape index (κ2) is 7.00. The zero-order valence-electron chi connectivity index (χ0n) is 11.1. The predicted molar refractivity (Wildman–Crippen MR) is 69.5 cm³/mol. The number of nitro groups is 1. The molecule has 0 amide bonds. The Morgan fingerprint density at radius 3 is 2.44 bits per heavy atom. The van der Waals surface area contributed by atoms with Crippen LogP contribution in [0.15, 0.2) is 12.4 Å². The molecule has 0 saturated heterocycles. The summed E-state index contributed by atoms with van der Waals surface area (Å²) < 4.78 is 0. The minimum absolute atomic E-state index is 0.0690. The van der Waals surface area contributed by atoms with E-state index in [-0.39, 0.29) is 11.6 Å². The summed E-state index contributed by atoms with van der Waals surface area (Å²) in [7, 11) is 0. The lowest BCUT2D eigenvalue weighted by Crippen LogP contribution is -2.34. The minimum Gasteiger partial charge on any atom is -0.313 e. The summed E-state index contributed by atoms with van der Waals surface area (Å²) in [6.45, 7) is 7.22. The maximum absolute atomic E-state index is 10.5. The molecular weight excluding hydrogens is 232 g/mol. The highest BCUT2D eigenvalue weighted by atomic mass is 16.6. The van der Waals surface area contributed by atoms with Gasteiger partial charge in [-0.05, 0) is 19.4 Å². The van der Waals surface area contributed by atoms with E-state index in [2.05, 4.69) is 29.1 Å². The average Bonchev–Trinajstić information content (AvgIpc) is 2.39. The lowest BCUT2D eigenvalue weighted by atomic mass is 9.98. The van der Waals surface area contributed by atoms with Gasteiger partial charge in [0.25, 0.3) is 0 Å². The van der Waals surface area contributed by atoms with Crippen LogP contribution < -0.4 is 5.32 Å². The highest BCUT2D eigenvalue weighted by Gasteiger charge is 2.19. The summed E-state index contributed by atoms with van der Waals surface area (Å²) in [5.74, 6) is 0.790. The normalized spacial score (nSPS) is 14.2. The van der Waals surface area contributed by atoms with Crippen molar-refractivity contribution in [2.45, 2.75) is 45.6 Å². The first-order valence-corrected chi connectivity index (χ1v) is 6.29. The van der Waals surface area contributed by atoms with Crippen molar-refractivity contribution >= 4 is 5.69 Å². The molecule has 100 valence electrons. The van der Waals surface area contributed by atoms with Crippen molar-refractivity contribution in [1.82, 2.24) is 15.3 Å². The third kappa shape index (κ3) is 3.73. The van der Waals surface area contributed by atoms with E-state index in [1.54, 1.807) is 0 Å². The van der Waals surface area contributed by atoms with Crippen molar-refractivity contribution in [3.05, 3.63) is 28.3 Å². The summed E-state index contributed by atoms with van der Waals surface area (Å²) in [5.41, 5.74) is -0.0690. The fraction of sp³-hybridized carbons (Fsp3) is 0.667. The van der Waals surface area contributed by atoms with Gasteiger partial charge < -0.3 is 5.32 Å². The van der Waals surface area contributed by atoms with Gasteiger partial charge in [-0.15, -0.1) is 0 Å². The van der Waals surface area contributed by atoms with Crippen LogP contribution in [-0.2, 0) is 0 Å².